The number of nitrogens with one attached hydrogen (secondary N) is 2. The Balaban J connectivity index is 2.72. The molecule has 0 heterocycles. The number of amides is 2. The van der Waals surface area contributed by atoms with E-state index >= 15 is 0 Å². The molecule has 6 heteroatoms. The van der Waals surface area contributed by atoms with E-state index in [4.69, 9.17) is 5.11 Å². The Labute approximate surface area is 123 Å². The average Bonchev–Trinajstić information content (AvgIpc) is 2.35. The number of aliphatic carboxylic acids is 1. The number of carboxylic acids is 1. The summed E-state index contributed by atoms with van der Waals surface area (Å²) in [5.74, 6) is -1.16. The normalized spacial score (nSPS) is 12.4. The van der Waals surface area contributed by atoms with Crippen LogP contribution in [-0.4, -0.2) is 28.9 Å². The van der Waals surface area contributed by atoms with Gasteiger partial charge in [0.1, 0.15) is 6.04 Å². The van der Waals surface area contributed by atoms with Gasteiger partial charge in [0.25, 0.3) is 0 Å². The van der Waals surface area contributed by atoms with Crippen LogP contribution in [-0.2, 0) is 4.79 Å². The quantitative estimate of drug-likeness (QED) is 0.743. The van der Waals surface area contributed by atoms with Crippen LogP contribution in [0.25, 0.3) is 0 Å². The van der Waals surface area contributed by atoms with Crippen LogP contribution in [0.2, 0.25) is 0 Å². The number of ketones is 1. The summed E-state index contributed by atoms with van der Waals surface area (Å²) in [6.45, 7) is 6.64. The molecule has 0 saturated carbocycles. The number of carbonyl (C=O) groups excluding carboxylic acids is 2. The van der Waals surface area contributed by atoms with Gasteiger partial charge in [-0.25, -0.2) is 9.59 Å². The summed E-state index contributed by atoms with van der Waals surface area (Å²) in [5.41, 5.74) is 0.413. The molecule has 2 amide bonds. The standard InChI is InChI=1S/C15H20N2O4/c1-9(18)10-5-7-11(8-6-10)16-14(21)17-12(13(19)20)15(2,3)4/h5-8,12H,1-4H3,(H,19,20)(H2,16,17,21)/t12-/m1/s1. The van der Waals surface area contributed by atoms with Crippen molar-refractivity contribution >= 4 is 23.5 Å². The second kappa shape index (κ2) is 6.39. The molecule has 0 spiro atoms. The first-order valence-corrected chi connectivity index (χ1v) is 6.52. The second-order valence-corrected chi connectivity index (χ2v) is 5.87. The number of hydrogen-bond acceptors (Lipinski definition) is 3. The minimum absolute atomic E-state index is 0.0651. The number of urea groups is 1. The zero-order valence-corrected chi connectivity index (χ0v) is 12.6. The molecule has 1 atom stereocenters. The first-order chi connectivity index (χ1) is 9.61. The maximum absolute atomic E-state index is 11.8. The van der Waals surface area contributed by atoms with Gasteiger partial charge < -0.3 is 15.7 Å². The maximum atomic E-state index is 11.8. The van der Waals surface area contributed by atoms with E-state index in [2.05, 4.69) is 10.6 Å². The molecule has 0 radical (unpaired) electrons. The topological polar surface area (TPSA) is 95.5 Å². The summed E-state index contributed by atoms with van der Waals surface area (Å²) in [5, 5.41) is 14.1. The van der Waals surface area contributed by atoms with E-state index in [0.29, 0.717) is 11.3 Å². The third-order valence-corrected chi connectivity index (χ3v) is 2.94. The number of benzene rings is 1. The van der Waals surface area contributed by atoms with Crippen LogP contribution >= 0.6 is 0 Å². The minimum atomic E-state index is -1.09. The fourth-order valence-corrected chi connectivity index (χ4v) is 1.74. The molecule has 0 aliphatic heterocycles. The van der Waals surface area contributed by atoms with Gasteiger partial charge in [-0.15, -0.1) is 0 Å². The summed E-state index contributed by atoms with van der Waals surface area (Å²) < 4.78 is 0. The van der Waals surface area contributed by atoms with E-state index in [9.17, 15) is 14.4 Å². The molecule has 0 fully saturated rings. The van der Waals surface area contributed by atoms with Crippen molar-refractivity contribution in [2.45, 2.75) is 33.7 Å². The van der Waals surface area contributed by atoms with Crippen LogP contribution in [0.3, 0.4) is 0 Å². The van der Waals surface area contributed by atoms with Gasteiger partial charge in [-0.05, 0) is 36.6 Å². The molecule has 0 aliphatic carbocycles. The van der Waals surface area contributed by atoms with Gasteiger partial charge in [-0.2, -0.15) is 0 Å². The van der Waals surface area contributed by atoms with E-state index in [1.807, 2.05) is 0 Å². The number of hydrogen-bond donors (Lipinski definition) is 3. The Morgan fingerprint density at radius 2 is 1.62 bits per heavy atom. The van der Waals surface area contributed by atoms with Crippen molar-refractivity contribution in [2.75, 3.05) is 5.32 Å². The SMILES string of the molecule is CC(=O)c1ccc(NC(=O)N[C@H](C(=O)O)C(C)(C)C)cc1. The number of carboxylic acid groups (broad SMARTS) is 1. The molecular weight excluding hydrogens is 272 g/mol. The minimum Gasteiger partial charge on any atom is -0.480 e. The van der Waals surface area contributed by atoms with Crippen molar-refractivity contribution in [3.8, 4) is 0 Å². The van der Waals surface area contributed by atoms with Crippen molar-refractivity contribution in [2.24, 2.45) is 5.41 Å². The van der Waals surface area contributed by atoms with Crippen LogP contribution in [0.1, 0.15) is 38.1 Å². The molecule has 6 nitrogen and oxygen atoms in total. The van der Waals surface area contributed by atoms with Gasteiger partial charge in [-0.1, -0.05) is 20.8 Å². The first-order valence-electron chi connectivity index (χ1n) is 6.52. The van der Waals surface area contributed by atoms with E-state index in [0.717, 1.165) is 0 Å². The Kier molecular flexibility index (Phi) is 5.07. The van der Waals surface area contributed by atoms with E-state index in [-0.39, 0.29) is 5.78 Å². The lowest BCUT2D eigenvalue weighted by Crippen LogP contribution is -2.50. The Hall–Kier alpha value is -2.37. The van der Waals surface area contributed by atoms with Crippen molar-refractivity contribution in [1.82, 2.24) is 5.32 Å². The summed E-state index contributed by atoms with van der Waals surface area (Å²) in [6, 6.07) is 4.75. The molecule has 0 aliphatic rings. The van der Waals surface area contributed by atoms with Gasteiger partial charge in [0, 0.05) is 11.3 Å². The van der Waals surface area contributed by atoms with Gasteiger partial charge in [0.15, 0.2) is 5.78 Å². The van der Waals surface area contributed by atoms with Gasteiger partial charge in [-0.3, -0.25) is 4.79 Å². The van der Waals surface area contributed by atoms with E-state index in [1.54, 1.807) is 45.0 Å². The van der Waals surface area contributed by atoms with Crippen LogP contribution < -0.4 is 10.6 Å². The zero-order valence-electron chi connectivity index (χ0n) is 12.6. The number of Topliss-reactive ketones (excluding diaryl/α,β-unsaturated/α-hetero) is 1. The summed E-state index contributed by atoms with van der Waals surface area (Å²) >= 11 is 0. The van der Waals surface area contributed by atoms with E-state index in [1.165, 1.54) is 6.92 Å². The molecule has 3 N–H and O–H groups in total. The molecule has 1 rings (SSSR count). The van der Waals surface area contributed by atoms with Crippen LogP contribution in [0.5, 0.6) is 0 Å². The highest BCUT2D eigenvalue weighted by Gasteiger charge is 2.32. The molecule has 1 aromatic carbocycles. The van der Waals surface area contributed by atoms with Crippen LogP contribution in [0.4, 0.5) is 10.5 Å². The predicted octanol–water partition coefficient (Wildman–Crippen LogP) is 2.51. The second-order valence-electron chi connectivity index (χ2n) is 5.87. The fraction of sp³-hybridized carbons (Fsp3) is 0.400. The third kappa shape index (κ3) is 4.91. The van der Waals surface area contributed by atoms with Crippen molar-refractivity contribution in [3.63, 3.8) is 0 Å². The monoisotopic (exact) mass is 292 g/mol. The summed E-state index contributed by atoms with van der Waals surface area (Å²) in [7, 11) is 0. The molecule has 0 bridgehead atoms. The zero-order chi connectivity index (χ0) is 16.2. The number of rotatable bonds is 4. The largest absolute Gasteiger partial charge is 0.480 e. The maximum Gasteiger partial charge on any atom is 0.326 e. The van der Waals surface area contributed by atoms with Crippen molar-refractivity contribution in [1.29, 1.82) is 0 Å². The summed E-state index contributed by atoms with van der Waals surface area (Å²) in [4.78, 5) is 34.2. The average molecular weight is 292 g/mol. The van der Waals surface area contributed by atoms with Crippen LogP contribution in [0.15, 0.2) is 24.3 Å². The van der Waals surface area contributed by atoms with E-state index < -0.39 is 23.5 Å². The lowest BCUT2D eigenvalue weighted by atomic mass is 9.87. The first kappa shape index (κ1) is 16.7. The molecule has 21 heavy (non-hydrogen) atoms. The number of carbonyl (C=O) groups is 3. The van der Waals surface area contributed by atoms with Crippen LogP contribution in [0, 0.1) is 5.41 Å². The molecule has 0 saturated heterocycles. The highest BCUT2D eigenvalue weighted by Crippen LogP contribution is 2.19. The van der Waals surface area contributed by atoms with Crippen molar-refractivity contribution < 1.29 is 19.5 Å². The number of anilines is 1. The smallest absolute Gasteiger partial charge is 0.326 e. The lowest BCUT2D eigenvalue weighted by molar-refractivity contribution is -0.141. The third-order valence-electron chi connectivity index (χ3n) is 2.94. The molecular formula is C15H20N2O4. The molecule has 114 valence electrons. The van der Waals surface area contributed by atoms with Gasteiger partial charge in [0.05, 0.1) is 0 Å². The predicted molar refractivity (Wildman–Crippen MR) is 79.5 cm³/mol. The van der Waals surface area contributed by atoms with Gasteiger partial charge in [0.2, 0.25) is 0 Å². The Morgan fingerprint density at radius 1 is 1.10 bits per heavy atom. The van der Waals surface area contributed by atoms with Gasteiger partial charge >= 0.3 is 12.0 Å². The summed E-state index contributed by atoms with van der Waals surface area (Å²) in [6.07, 6.45) is 0. The molecule has 1 aromatic rings. The molecule has 0 unspecified atom stereocenters. The Morgan fingerprint density at radius 3 is 2.00 bits per heavy atom. The Bertz CT molecular complexity index is 544. The lowest BCUT2D eigenvalue weighted by Gasteiger charge is -2.27. The van der Waals surface area contributed by atoms with Crippen molar-refractivity contribution in [3.05, 3.63) is 29.8 Å². The highest BCUT2D eigenvalue weighted by molar-refractivity contribution is 5.96. The highest BCUT2D eigenvalue weighted by atomic mass is 16.4. The fourth-order valence-electron chi connectivity index (χ4n) is 1.74. The molecule has 0 aromatic heterocycles.